The second kappa shape index (κ2) is 14.9. The fraction of sp³-hybridized carbons (Fsp3) is 0.375. The van der Waals surface area contributed by atoms with Gasteiger partial charge in [-0.1, -0.05) is 72.8 Å². The normalized spacial score (nSPS) is 12.7. The lowest BCUT2D eigenvalue weighted by Gasteiger charge is -2.25. The SMILES string of the molecule is COC[C@H](NC(=O)[C@H](CC(=O)NC(C)(C)C)NC(=O)CCc1ccccc1)C(=O)NCc1cccc2ccccc12. The number of nitrogens with one attached hydrogen (secondary N) is 4. The molecule has 3 aromatic rings. The van der Waals surface area contributed by atoms with Gasteiger partial charge in [-0.05, 0) is 49.1 Å². The van der Waals surface area contributed by atoms with Crippen LogP contribution in [0, 0.1) is 0 Å². The third-order valence-corrected chi connectivity index (χ3v) is 6.34. The summed E-state index contributed by atoms with van der Waals surface area (Å²) in [5, 5.41) is 13.1. The molecule has 9 nitrogen and oxygen atoms in total. The second-order valence-electron chi connectivity index (χ2n) is 11.0. The molecule has 0 aliphatic heterocycles. The van der Waals surface area contributed by atoms with Crippen molar-refractivity contribution in [2.75, 3.05) is 13.7 Å². The number of ether oxygens (including phenoxy) is 1. The zero-order chi connectivity index (χ0) is 29.8. The number of carbonyl (C=O) groups is 4. The average Bonchev–Trinajstić information content (AvgIpc) is 2.93. The topological polar surface area (TPSA) is 126 Å². The van der Waals surface area contributed by atoms with Crippen molar-refractivity contribution in [1.29, 1.82) is 0 Å². The molecule has 0 aliphatic carbocycles. The van der Waals surface area contributed by atoms with Crippen molar-refractivity contribution < 1.29 is 23.9 Å². The molecule has 0 fully saturated rings. The minimum atomic E-state index is -1.18. The van der Waals surface area contributed by atoms with E-state index in [1.165, 1.54) is 7.11 Å². The Labute approximate surface area is 241 Å². The van der Waals surface area contributed by atoms with Crippen LogP contribution in [0.15, 0.2) is 72.8 Å². The minimum Gasteiger partial charge on any atom is -0.382 e. The molecular weight excluding hydrogens is 520 g/mol. The summed E-state index contributed by atoms with van der Waals surface area (Å²) < 4.78 is 5.20. The lowest BCUT2D eigenvalue weighted by atomic mass is 10.0. The van der Waals surface area contributed by atoms with Gasteiger partial charge in [0.25, 0.3) is 0 Å². The van der Waals surface area contributed by atoms with Crippen LogP contribution < -0.4 is 21.3 Å². The number of rotatable bonds is 13. The first-order chi connectivity index (χ1) is 19.6. The highest BCUT2D eigenvalue weighted by Crippen LogP contribution is 2.18. The van der Waals surface area contributed by atoms with E-state index in [0.29, 0.717) is 6.42 Å². The molecule has 2 atom stereocenters. The Hall–Kier alpha value is -4.24. The molecule has 3 aromatic carbocycles. The predicted molar refractivity (Wildman–Crippen MR) is 159 cm³/mol. The van der Waals surface area contributed by atoms with Crippen molar-refractivity contribution in [2.45, 2.75) is 64.2 Å². The van der Waals surface area contributed by atoms with Gasteiger partial charge in [0.1, 0.15) is 12.1 Å². The number of carbonyl (C=O) groups excluding carboxylic acids is 4. The molecule has 0 bridgehead atoms. The summed E-state index contributed by atoms with van der Waals surface area (Å²) in [5.41, 5.74) is 1.40. The Morgan fingerprint density at radius 1 is 0.780 bits per heavy atom. The van der Waals surface area contributed by atoms with Crippen LogP contribution in [0.25, 0.3) is 10.8 Å². The van der Waals surface area contributed by atoms with Gasteiger partial charge in [0, 0.05) is 25.6 Å². The molecule has 9 heteroatoms. The molecule has 0 unspecified atom stereocenters. The van der Waals surface area contributed by atoms with Crippen LogP contribution in [0.4, 0.5) is 0 Å². The predicted octanol–water partition coefficient (Wildman–Crippen LogP) is 3.01. The van der Waals surface area contributed by atoms with Crippen LogP contribution in [-0.4, -0.2) is 55.0 Å². The Bertz CT molecular complexity index is 1330. The lowest BCUT2D eigenvalue weighted by Crippen LogP contribution is -2.56. The maximum Gasteiger partial charge on any atom is 0.245 e. The first-order valence-corrected chi connectivity index (χ1v) is 13.7. The molecule has 4 amide bonds. The molecular formula is C32H40N4O5. The summed E-state index contributed by atoms with van der Waals surface area (Å²) in [6.07, 6.45) is 0.345. The molecule has 4 N–H and O–H groups in total. The van der Waals surface area contributed by atoms with Crippen molar-refractivity contribution in [3.05, 3.63) is 83.9 Å². The van der Waals surface area contributed by atoms with E-state index in [-0.39, 0.29) is 31.9 Å². The Kier molecular flexibility index (Phi) is 11.4. The van der Waals surface area contributed by atoms with Gasteiger partial charge in [-0.15, -0.1) is 0 Å². The van der Waals surface area contributed by atoms with Gasteiger partial charge in [0.2, 0.25) is 23.6 Å². The Morgan fingerprint density at radius 2 is 1.46 bits per heavy atom. The van der Waals surface area contributed by atoms with E-state index in [1.807, 2.05) is 93.6 Å². The number of fused-ring (bicyclic) bond motifs is 1. The zero-order valence-electron chi connectivity index (χ0n) is 24.2. The number of benzene rings is 3. The van der Waals surface area contributed by atoms with E-state index in [1.54, 1.807) is 0 Å². The smallest absolute Gasteiger partial charge is 0.245 e. The summed E-state index contributed by atoms with van der Waals surface area (Å²) >= 11 is 0. The van der Waals surface area contributed by atoms with Gasteiger partial charge >= 0.3 is 0 Å². The third kappa shape index (κ3) is 10.3. The van der Waals surface area contributed by atoms with Gasteiger partial charge in [-0.25, -0.2) is 0 Å². The van der Waals surface area contributed by atoms with Gasteiger partial charge in [-0.2, -0.15) is 0 Å². The molecule has 0 aromatic heterocycles. The highest BCUT2D eigenvalue weighted by atomic mass is 16.5. The highest BCUT2D eigenvalue weighted by Gasteiger charge is 2.29. The van der Waals surface area contributed by atoms with E-state index in [4.69, 9.17) is 4.74 Å². The van der Waals surface area contributed by atoms with E-state index in [2.05, 4.69) is 21.3 Å². The van der Waals surface area contributed by atoms with Gasteiger partial charge < -0.3 is 26.0 Å². The van der Waals surface area contributed by atoms with E-state index in [9.17, 15) is 19.2 Å². The van der Waals surface area contributed by atoms with Gasteiger partial charge in [0.15, 0.2) is 0 Å². The Balaban J connectivity index is 1.67. The van der Waals surface area contributed by atoms with Gasteiger partial charge in [-0.3, -0.25) is 19.2 Å². The second-order valence-corrected chi connectivity index (χ2v) is 11.0. The van der Waals surface area contributed by atoms with Crippen molar-refractivity contribution in [3.63, 3.8) is 0 Å². The molecule has 0 heterocycles. The molecule has 218 valence electrons. The fourth-order valence-electron chi connectivity index (χ4n) is 4.41. The van der Waals surface area contributed by atoms with E-state index < -0.39 is 35.3 Å². The zero-order valence-corrected chi connectivity index (χ0v) is 24.2. The van der Waals surface area contributed by atoms with Crippen molar-refractivity contribution in [3.8, 4) is 0 Å². The van der Waals surface area contributed by atoms with Crippen LogP contribution in [0.3, 0.4) is 0 Å². The van der Waals surface area contributed by atoms with Gasteiger partial charge in [0.05, 0.1) is 13.0 Å². The summed E-state index contributed by atoms with van der Waals surface area (Å²) in [6, 6.07) is 21.0. The number of aryl methyl sites for hydroxylation is 1. The average molecular weight is 561 g/mol. The molecule has 3 rings (SSSR count). The highest BCUT2D eigenvalue weighted by molar-refractivity contribution is 5.95. The largest absolute Gasteiger partial charge is 0.382 e. The summed E-state index contributed by atoms with van der Waals surface area (Å²) in [5.74, 6) is -1.86. The van der Waals surface area contributed by atoms with Crippen LogP contribution in [0.5, 0.6) is 0 Å². The quantitative estimate of drug-likeness (QED) is 0.256. The minimum absolute atomic E-state index is 0.0873. The first kappa shape index (κ1) is 31.3. The number of methoxy groups -OCH3 is 1. The van der Waals surface area contributed by atoms with E-state index in [0.717, 1.165) is 21.9 Å². The van der Waals surface area contributed by atoms with Crippen molar-refractivity contribution >= 4 is 34.4 Å². The molecule has 0 saturated carbocycles. The van der Waals surface area contributed by atoms with Crippen LogP contribution in [0.2, 0.25) is 0 Å². The monoisotopic (exact) mass is 560 g/mol. The molecule has 0 spiro atoms. The van der Waals surface area contributed by atoms with Crippen LogP contribution in [-0.2, 0) is 36.9 Å². The molecule has 0 aliphatic rings. The maximum atomic E-state index is 13.4. The first-order valence-electron chi connectivity index (χ1n) is 13.7. The van der Waals surface area contributed by atoms with Crippen LogP contribution in [0.1, 0.15) is 44.7 Å². The molecule has 0 radical (unpaired) electrons. The third-order valence-electron chi connectivity index (χ3n) is 6.34. The number of hydrogen-bond acceptors (Lipinski definition) is 5. The summed E-state index contributed by atoms with van der Waals surface area (Å²) in [6.45, 7) is 5.65. The van der Waals surface area contributed by atoms with Crippen molar-refractivity contribution in [2.24, 2.45) is 0 Å². The fourth-order valence-corrected chi connectivity index (χ4v) is 4.41. The maximum absolute atomic E-state index is 13.4. The lowest BCUT2D eigenvalue weighted by molar-refractivity contribution is -0.134. The molecule has 0 saturated heterocycles. The number of amides is 4. The number of hydrogen-bond donors (Lipinski definition) is 4. The summed E-state index contributed by atoms with van der Waals surface area (Å²) in [7, 11) is 1.43. The molecule has 41 heavy (non-hydrogen) atoms. The van der Waals surface area contributed by atoms with Crippen molar-refractivity contribution in [1.82, 2.24) is 21.3 Å². The Morgan fingerprint density at radius 3 is 2.17 bits per heavy atom. The summed E-state index contributed by atoms with van der Waals surface area (Å²) in [4.78, 5) is 52.0. The standard InChI is InChI=1S/C32H40N4O5/c1-32(2,3)36-29(38)19-26(34-28(37)18-17-22-11-6-5-7-12-22)31(40)35-27(21-41-4)30(39)33-20-24-15-10-14-23-13-8-9-16-25(23)24/h5-16,26-27H,17-21H2,1-4H3,(H,33,39)(H,34,37)(H,35,40)(H,36,38)/t26-,27-/m0/s1. The van der Waals surface area contributed by atoms with E-state index >= 15 is 0 Å². The van der Waals surface area contributed by atoms with Crippen LogP contribution >= 0.6 is 0 Å².